The molecule has 0 heterocycles. The number of carboxylic acids is 6. The molecule has 0 amide bonds. The minimum Gasteiger partial charge on any atom is -0.494 e. The van der Waals surface area contributed by atoms with Gasteiger partial charge in [0.1, 0.15) is 22.8 Å². The molecule has 0 fully saturated rings. The van der Waals surface area contributed by atoms with E-state index in [0.717, 1.165) is 56.0 Å². The molecule has 0 bridgehead atoms. The number of alkyl halides is 5. The molecule has 6 aromatic carbocycles. The molecule has 0 atom stereocenters. The third-order valence-electron chi connectivity index (χ3n) is 10.7. The van der Waals surface area contributed by atoms with Crippen molar-refractivity contribution in [3.8, 4) is 40.2 Å². The van der Waals surface area contributed by atoms with Crippen molar-refractivity contribution < 1.29 is 115 Å². The fourth-order valence-electron chi connectivity index (χ4n) is 6.93. The number of hydrogen-bond donors (Lipinski definition) is 6. The number of thioether (sulfide) groups is 2. The van der Waals surface area contributed by atoms with Gasteiger partial charge < -0.3 is 63.8 Å². The van der Waals surface area contributed by atoms with Gasteiger partial charge in [0, 0.05) is 21.1 Å². The van der Waals surface area contributed by atoms with E-state index in [9.17, 15) is 50.7 Å². The largest absolute Gasteiger partial charge is 0.573 e. The maximum Gasteiger partial charge on any atom is 0.573 e. The summed E-state index contributed by atoms with van der Waals surface area (Å²) in [6.07, 6.45) is -3.82. The highest BCUT2D eigenvalue weighted by Crippen LogP contribution is 2.34. The predicted molar refractivity (Wildman–Crippen MR) is 334 cm³/mol. The van der Waals surface area contributed by atoms with Crippen LogP contribution in [0.2, 0.25) is 0 Å². The molecule has 0 radical (unpaired) electrons. The summed E-state index contributed by atoms with van der Waals surface area (Å²) < 4.78 is 93.8. The van der Waals surface area contributed by atoms with Crippen molar-refractivity contribution in [2.75, 3.05) is 38.8 Å². The average molecular weight is 1320 g/mol. The molecule has 19 nitrogen and oxygen atoms in total. The van der Waals surface area contributed by atoms with Crippen LogP contribution in [-0.2, 0) is 14.4 Å². The van der Waals surface area contributed by atoms with Crippen molar-refractivity contribution in [2.24, 2.45) is 0 Å². The predicted octanol–water partition coefficient (Wildman–Crippen LogP) is 15.5. The molecule has 0 saturated carbocycles. The van der Waals surface area contributed by atoms with Crippen molar-refractivity contribution in [1.82, 2.24) is 0 Å². The highest BCUT2D eigenvalue weighted by molar-refractivity contribution is 8.00. The Kier molecular flexibility index (Phi) is 37.1. The van der Waals surface area contributed by atoms with Crippen LogP contribution in [0.4, 0.5) is 22.0 Å². The number of carbonyl (C=O) groups is 6. The summed E-state index contributed by atoms with van der Waals surface area (Å²) in [5.41, 5.74) is 6.04. The summed E-state index contributed by atoms with van der Waals surface area (Å²) in [5, 5.41) is 52.3. The minimum atomic E-state index is -4.85. The lowest BCUT2D eigenvalue weighted by Crippen LogP contribution is -2.18. The quantitative estimate of drug-likeness (QED) is 0.0217. The Morgan fingerprint density at radius 1 is 0.462 bits per heavy atom. The number of aryl methyl sites for hydroxylation is 6. The summed E-state index contributed by atoms with van der Waals surface area (Å²) in [5.74, 6) is -3.55. The van der Waals surface area contributed by atoms with Gasteiger partial charge in [0.25, 0.3) is 0 Å². The van der Waals surface area contributed by atoms with E-state index in [1.165, 1.54) is 30.3 Å². The lowest BCUT2D eigenvalue weighted by atomic mass is 10.1. The number of ether oxygens (including phenoxy) is 7. The Balaban J connectivity index is 0.000000547. The fraction of sp³-hybridized carbons (Fsp3) is 0.354. The number of aliphatic carboxylic acids is 3. The molecule has 0 saturated heterocycles. The Morgan fingerprint density at radius 3 is 1.34 bits per heavy atom. The van der Waals surface area contributed by atoms with Crippen molar-refractivity contribution in [3.63, 3.8) is 0 Å². The number of benzene rings is 6. The molecular weight excluding hydrogens is 1240 g/mol. The highest BCUT2D eigenvalue weighted by atomic mass is 32.2. The third kappa shape index (κ3) is 35.2. The Bertz CT molecular complexity index is 3210. The Hall–Kier alpha value is -8.91. The second-order valence-electron chi connectivity index (χ2n) is 19.3. The lowest BCUT2D eigenvalue weighted by Gasteiger charge is -2.13. The number of halogens is 5. The van der Waals surface area contributed by atoms with Gasteiger partial charge in [-0.05, 0) is 174 Å². The van der Waals surface area contributed by atoms with Gasteiger partial charge in [0.15, 0.2) is 29.6 Å². The zero-order chi connectivity index (χ0) is 69.0. The van der Waals surface area contributed by atoms with Crippen molar-refractivity contribution in [2.45, 2.75) is 123 Å². The van der Waals surface area contributed by atoms with E-state index in [2.05, 4.69) is 35.0 Å². The first-order valence-electron chi connectivity index (χ1n) is 27.8. The van der Waals surface area contributed by atoms with Gasteiger partial charge in [0.05, 0.1) is 50.4 Å². The zero-order valence-corrected chi connectivity index (χ0v) is 53.7. The van der Waals surface area contributed by atoms with Gasteiger partial charge in [-0.2, -0.15) is 8.78 Å². The molecule has 6 aromatic rings. The van der Waals surface area contributed by atoms with Gasteiger partial charge in [-0.3, -0.25) is 9.59 Å². The van der Waals surface area contributed by atoms with Gasteiger partial charge in [-0.25, -0.2) is 19.2 Å². The summed E-state index contributed by atoms with van der Waals surface area (Å²) in [7, 11) is 0. The van der Waals surface area contributed by atoms with E-state index in [1.807, 2.05) is 90.1 Å². The first kappa shape index (κ1) is 80.1. The van der Waals surface area contributed by atoms with Crippen molar-refractivity contribution >= 4 is 59.3 Å². The van der Waals surface area contributed by atoms with Crippen LogP contribution >= 0.6 is 23.5 Å². The first-order valence-corrected chi connectivity index (χ1v) is 29.7. The van der Waals surface area contributed by atoms with Gasteiger partial charge in [-0.1, -0.05) is 51.1 Å². The monoisotopic (exact) mass is 1320 g/mol. The van der Waals surface area contributed by atoms with Crippen LogP contribution in [-0.4, -0.2) is 123 Å². The van der Waals surface area contributed by atoms with E-state index in [4.69, 9.17) is 49.6 Å². The average Bonchev–Trinajstić information content (AvgIpc) is 1.26. The van der Waals surface area contributed by atoms with Crippen LogP contribution in [0.25, 0.3) is 0 Å². The summed E-state index contributed by atoms with van der Waals surface area (Å²) in [6, 6.07) is 29.8. The number of rotatable bonds is 26. The molecule has 498 valence electrons. The van der Waals surface area contributed by atoms with E-state index in [1.54, 1.807) is 61.6 Å². The molecule has 26 heteroatoms. The smallest absolute Gasteiger partial charge is 0.494 e. The van der Waals surface area contributed by atoms with Crippen LogP contribution in [0.15, 0.2) is 119 Å². The number of aromatic carboxylic acids is 3. The normalized spacial score (nSPS) is 10.3. The first-order chi connectivity index (χ1) is 42.7. The Morgan fingerprint density at radius 2 is 0.890 bits per heavy atom. The molecule has 91 heavy (non-hydrogen) atoms. The minimum absolute atomic E-state index is 0.00207. The van der Waals surface area contributed by atoms with Crippen LogP contribution in [0.3, 0.4) is 0 Å². The summed E-state index contributed by atoms with van der Waals surface area (Å²) in [4.78, 5) is 65.0. The summed E-state index contributed by atoms with van der Waals surface area (Å²) in [6.45, 7) is 18.8. The van der Waals surface area contributed by atoms with E-state index >= 15 is 0 Å². The van der Waals surface area contributed by atoms with Crippen molar-refractivity contribution in [1.29, 1.82) is 0 Å². The van der Waals surface area contributed by atoms with Gasteiger partial charge >= 0.3 is 48.8 Å². The zero-order valence-electron chi connectivity index (χ0n) is 52.1. The third-order valence-corrected chi connectivity index (χ3v) is 13.0. The lowest BCUT2D eigenvalue weighted by molar-refractivity contribution is -0.275. The molecule has 0 spiro atoms. The SMILES string of the molecule is CCCSc1cc(C)ccc1C(=O)O.CCOc1cc(C)cc(OCCC(=O)O)c1.CCOc1cc(C)ccc1OCCC(=O)O.Cc1ccc(C(=O)O)c(OC(F)F)c1.Cc1ccc(C(=O)O)c(SC(C)C)c1.Cc1ccc(OCC(=O)O)c(OC(F)(F)F)c1. The van der Waals surface area contributed by atoms with Crippen LogP contribution in [0.5, 0.6) is 40.2 Å². The molecule has 0 aliphatic heterocycles. The maximum absolute atomic E-state index is 12.1. The van der Waals surface area contributed by atoms with Crippen LogP contribution in [0, 0.1) is 41.5 Å². The highest BCUT2D eigenvalue weighted by Gasteiger charge is 2.32. The molecule has 0 aliphatic rings. The molecule has 0 aromatic heterocycles. The van der Waals surface area contributed by atoms with E-state index in [-0.39, 0.29) is 43.1 Å². The van der Waals surface area contributed by atoms with Gasteiger partial charge in [-0.15, -0.1) is 36.7 Å². The molecular formula is C65H77F5O19S2. The fourth-order valence-corrected chi connectivity index (χ4v) is 8.98. The molecule has 0 aliphatic carbocycles. The second kappa shape index (κ2) is 42.1. The molecule has 6 N–H and O–H groups in total. The van der Waals surface area contributed by atoms with E-state index in [0.29, 0.717) is 58.0 Å². The molecule has 0 unspecified atom stereocenters. The standard InChI is InChI=1S/2C12H16O4.2C11H14O2S.C10H9F3O4.C9H8F2O3/c1-3-15-10-6-9(2)7-11(8-10)16-5-4-12(13)14;1-3-15-11-8-9(2)4-5-10(11)16-7-6-12(13)14;1-7(2)14-10-6-8(3)4-5-9(10)11(12)13;1-3-6-14-10-7-8(2)4-5-9(10)11(12)13;1-6-2-3-7(16-5-9(14)15)8(4-6)17-10(11,12)13;1-5-2-3-6(8(12)13)7(4-5)14-9(10)11/h6-8H,3-5H2,1-2H3,(H,13,14);4-5,8H,3,6-7H2,1-2H3,(H,13,14);4-7H,1-3H3,(H,12,13);4-5,7H,3,6H2,1-2H3,(H,12,13);2-4H,5H2,1H3,(H,14,15);2-4,9H,1H3,(H,12,13). The topological polar surface area (TPSA) is 288 Å². The van der Waals surface area contributed by atoms with E-state index < -0.39 is 61.1 Å². The van der Waals surface area contributed by atoms with Crippen molar-refractivity contribution in [3.05, 3.63) is 159 Å². The van der Waals surface area contributed by atoms with Crippen LogP contribution in [0.1, 0.15) is 118 Å². The van der Waals surface area contributed by atoms with Gasteiger partial charge in [0.2, 0.25) is 0 Å². The second-order valence-corrected chi connectivity index (χ2v) is 22.0. The summed E-state index contributed by atoms with van der Waals surface area (Å²) >= 11 is 3.20. The number of hydrogen-bond acceptors (Lipinski definition) is 15. The van der Waals surface area contributed by atoms with Crippen LogP contribution < -0.4 is 33.2 Å². The molecule has 6 rings (SSSR count). The Labute approximate surface area is 533 Å². The number of carboxylic acid groups (broad SMARTS) is 6. The maximum atomic E-state index is 12.1.